The molecule has 4 nitrogen and oxygen atoms in total. The van der Waals surface area contributed by atoms with Crippen LogP contribution in [0.2, 0.25) is 0 Å². The van der Waals surface area contributed by atoms with Crippen molar-refractivity contribution >= 4 is 15.8 Å². The molecule has 0 saturated carbocycles. The summed E-state index contributed by atoms with van der Waals surface area (Å²) < 4.78 is 23.5. The van der Waals surface area contributed by atoms with Gasteiger partial charge in [-0.3, -0.25) is 4.79 Å². The summed E-state index contributed by atoms with van der Waals surface area (Å²) in [5, 5.41) is 8.78. The van der Waals surface area contributed by atoms with Gasteiger partial charge in [0.1, 0.15) is 0 Å². The normalized spacial score (nSPS) is 13.4. The average Bonchev–Trinajstić information content (AvgIpc) is 2.34. The second-order valence-electron chi connectivity index (χ2n) is 5.43. The zero-order chi connectivity index (χ0) is 15.3. The van der Waals surface area contributed by atoms with Crippen LogP contribution in [0.4, 0.5) is 0 Å². The Morgan fingerprint density at radius 2 is 1.95 bits per heavy atom. The SMILES string of the molecule is Cc1cccc(CC(CCS(=O)(=O)C(C)C)C(=O)O)c1. The topological polar surface area (TPSA) is 71.4 Å². The zero-order valence-corrected chi connectivity index (χ0v) is 13.0. The highest BCUT2D eigenvalue weighted by Crippen LogP contribution is 2.16. The molecule has 0 radical (unpaired) electrons. The standard InChI is InChI=1S/C15H22O4S/c1-11(2)20(18,19)8-7-14(15(16)17)10-13-6-4-5-12(3)9-13/h4-6,9,11,14H,7-8,10H2,1-3H3,(H,16,17). The number of carboxylic acids is 1. The predicted molar refractivity (Wildman–Crippen MR) is 79.5 cm³/mol. The third-order valence-corrected chi connectivity index (χ3v) is 5.62. The van der Waals surface area contributed by atoms with E-state index in [1.165, 1.54) is 0 Å². The number of carbonyl (C=O) groups is 1. The number of carboxylic acid groups (broad SMARTS) is 1. The highest BCUT2D eigenvalue weighted by Gasteiger charge is 2.23. The Balaban J connectivity index is 2.74. The van der Waals surface area contributed by atoms with Crippen molar-refractivity contribution in [2.45, 2.75) is 38.9 Å². The van der Waals surface area contributed by atoms with Crippen molar-refractivity contribution in [2.75, 3.05) is 5.75 Å². The third-order valence-electron chi connectivity index (χ3n) is 3.38. The fourth-order valence-electron chi connectivity index (χ4n) is 1.98. The van der Waals surface area contributed by atoms with Crippen LogP contribution >= 0.6 is 0 Å². The van der Waals surface area contributed by atoms with E-state index in [4.69, 9.17) is 0 Å². The number of aliphatic carboxylic acids is 1. The number of hydrogen-bond donors (Lipinski definition) is 1. The smallest absolute Gasteiger partial charge is 0.306 e. The molecule has 0 aliphatic heterocycles. The van der Waals surface area contributed by atoms with Gasteiger partial charge in [-0.25, -0.2) is 8.42 Å². The van der Waals surface area contributed by atoms with Crippen LogP contribution in [0.25, 0.3) is 0 Å². The molecule has 0 bridgehead atoms. The molecule has 0 spiro atoms. The van der Waals surface area contributed by atoms with E-state index in [-0.39, 0.29) is 12.2 Å². The van der Waals surface area contributed by atoms with Gasteiger partial charge < -0.3 is 5.11 Å². The Morgan fingerprint density at radius 1 is 1.30 bits per heavy atom. The van der Waals surface area contributed by atoms with E-state index in [1.807, 2.05) is 31.2 Å². The second kappa shape index (κ2) is 6.88. The van der Waals surface area contributed by atoms with E-state index in [2.05, 4.69) is 0 Å². The minimum absolute atomic E-state index is 0.0759. The fraction of sp³-hybridized carbons (Fsp3) is 0.533. The lowest BCUT2D eigenvalue weighted by molar-refractivity contribution is -0.141. The average molecular weight is 298 g/mol. The number of sulfone groups is 1. The maximum atomic E-state index is 11.8. The Morgan fingerprint density at radius 3 is 2.45 bits per heavy atom. The monoisotopic (exact) mass is 298 g/mol. The maximum Gasteiger partial charge on any atom is 0.306 e. The molecule has 112 valence electrons. The highest BCUT2D eigenvalue weighted by molar-refractivity contribution is 7.91. The lowest BCUT2D eigenvalue weighted by Crippen LogP contribution is -2.24. The van der Waals surface area contributed by atoms with Gasteiger partial charge in [0.05, 0.1) is 16.9 Å². The van der Waals surface area contributed by atoms with Crippen LogP contribution in [-0.2, 0) is 21.1 Å². The minimum Gasteiger partial charge on any atom is -0.481 e. The third kappa shape index (κ3) is 4.96. The first-order valence-corrected chi connectivity index (χ1v) is 8.44. The van der Waals surface area contributed by atoms with Crippen molar-refractivity contribution < 1.29 is 18.3 Å². The van der Waals surface area contributed by atoms with Crippen molar-refractivity contribution in [1.82, 2.24) is 0 Å². The number of rotatable bonds is 7. The molecular formula is C15H22O4S. The van der Waals surface area contributed by atoms with Gasteiger partial charge in [0.25, 0.3) is 0 Å². The summed E-state index contributed by atoms with van der Waals surface area (Å²) in [6.07, 6.45) is 0.522. The molecule has 20 heavy (non-hydrogen) atoms. The summed E-state index contributed by atoms with van der Waals surface area (Å²) in [6, 6.07) is 7.64. The van der Waals surface area contributed by atoms with Gasteiger partial charge in [0.15, 0.2) is 9.84 Å². The second-order valence-corrected chi connectivity index (χ2v) is 8.11. The van der Waals surface area contributed by atoms with Crippen LogP contribution in [-0.4, -0.2) is 30.5 Å². The summed E-state index contributed by atoms with van der Waals surface area (Å²) in [7, 11) is -3.19. The molecule has 0 aliphatic rings. The largest absolute Gasteiger partial charge is 0.481 e. The summed E-state index contributed by atoms with van der Waals surface area (Å²) in [5.41, 5.74) is 2.00. The van der Waals surface area contributed by atoms with Gasteiger partial charge in [0.2, 0.25) is 0 Å². The highest BCUT2D eigenvalue weighted by atomic mass is 32.2. The molecule has 0 saturated heterocycles. The van der Waals surface area contributed by atoms with Gasteiger partial charge in [0, 0.05) is 0 Å². The van der Waals surface area contributed by atoms with Crippen molar-refractivity contribution in [3.63, 3.8) is 0 Å². The van der Waals surface area contributed by atoms with Crippen molar-refractivity contribution in [3.8, 4) is 0 Å². The Kier molecular flexibility index (Phi) is 5.74. The molecule has 0 heterocycles. The van der Waals surface area contributed by atoms with E-state index >= 15 is 0 Å². The fourth-order valence-corrected chi connectivity index (χ4v) is 3.06. The van der Waals surface area contributed by atoms with Crippen LogP contribution in [0.5, 0.6) is 0 Å². The molecular weight excluding hydrogens is 276 g/mol. The number of hydrogen-bond acceptors (Lipinski definition) is 3. The van der Waals surface area contributed by atoms with Gasteiger partial charge in [-0.2, -0.15) is 0 Å². The predicted octanol–water partition coefficient (Wildman–Crippen LogP) is 2.45. The molecule has 0 aliphatic carbocycles. The van der Waals surface area contributed by atoms with Crippen molar-refractivity contribution in [2.24, 2.45) is 5.92 Å². The Labute approximate surface area is 120 Å². The van der Waals surface area contributed by atoms with Crippen molar-refractivity contribution in [3.05, 3.63) is 35.4 Å². The zero-order valence-electron chi connectivity index (χ0n) is 12.2. The summed E-state index contributed by atoms with van der Waals surface area (Å²) in [6.45, 7) is 5.18. The van der Waals surface area contributed by atoms with E-state index in [9.17, 15) is 18.3 Å². The van der Waals surface area contributed by atoms with Crippen LogP contribution in [0, 0.1) is 12.8 Å². The van der Waals surface area contributed by atoms with Crippen LogP contribution in [0.15, 0.2) is 24.3 Å². The van der Waals surface area contributed by atoms with Gasteiger partial charge in [-0.15, -0.1) is 0 Å². The van der Waals surface area contributed by atoms with Gasteiger partial charge >= 0.3 is 5.97 Å². The molecule has 1 aromatic rings. The van der Waals surface area contributed by atoms with Crippen LogP contribution in [0.3, 0.4) is 0 Å². The lowest BCUT2D eigenvalue weighted by Gasteiger charge is -2.14. The molecule has 1 unspecified atom stereocenters. The summed E-state index contributed by atoms with van der Waals surface area (Å²) in [4.78, 5) is 11.3. The Hall–Kier alpha value is -1.36. The lowest BCUT2D eigenvalue weighted by atomic mass is 9.96. The minimum atomic E-state index is -3.19. The molecule has 0 fully saturated rings. The van der Waals surface area contributed by atoms with E-state index in [0.29, 0.717) is 6.42 Å². The van der Waals surface area contributed by atoms with E-state index < -0.39 is 27.0 Å². The summed E-state index contributed by atoms with van der Waals surface area (Å²) >= 11 is 0. The van der Waals surface area contributed by atoms with E-state index in [0.717, 1.165) is 11.1 Å². The number of aryl methyl sites for hydroxylation is 1. The quantitative estimate of drug-likeness (QED) is 0.839. The Bertz CT molecular complexity index is 561. The van der Waals surface area contributed by atoms with Crippen molar-refractivity contribution in [1.29, 1.82) is 0 Å². The van der Waals surface area contributed by atoms with Gasteiger partial charge in [-0.05, 0) is 39.2 Å². The van der Waals surface area contributed by atoms with Crippen LogP contribution < -0.4 is 0 Å². The first kappa shape index (κ1) is 16.7. The first-order chi connectivity index (χ1) is 9.22. The molecule has 5 heteroatoms. The molecule has 1 atom stereocenters. The summed E-state index contributed by atoms with van der Waals surface area (Å²) in [5.74, 6) is -1.68. The molecule has 0 amide bonds. The van der Waals surface area contributed by atoms with Crippen LogP contribution in [0.1, 0.15) is 31.4 Å². The van der Waals surface area contributed by atoms with Gasteiger partial charge in [-0.1, -0.05) is 29.8 Å². The number of benzene rings is 1. The molecule has 1 rings (SSSR count). The first-order valence-electron chi connectivity index (χ1n) is 6.72. The molecule has 0 aromatic heterocycles. The molecule has 1 N–H and O–H groups in total. The molecule has 1 aromatic carbocycles. The maximum absolute atomic E-state index is 11.8. The van der Waals surface area contributed by atoms with E-state index in [1.54, 1.807) is 13.8 Å².